The van der Waals surface area contributed by atoms with Crippen LogP contribution in [-0.4, -0.2) is 68.1 Å². The van der Waals surface area contributed by atoms with Crippen molar-refractivity contribution in [3.63, 3.8) is 0 Å². The van der Waals surface area contributed by atoms with Crippen LogP contribution in [0.2, 0.25) is 0 Å². The van der Waals surface area contributed by atoms with Crippen molar-refractivity contribution in [2.75, 3.05) is 51.2 Å². The summed E-state index contributed by atoms with van der Waals surface area (Å²) in [6.45, 7) is 9.72. The molecular formula is C22H35FN4O. The molecule has 5 nitrogen and oxygen atoms in total. The maximum Gasteiger partial charge on any atom is 0.237 e. The number of likely N-dealkylation sites (tertiary alicyclic amines) is 1. The minimum absolute atomic E-state index is 0.0305. The summed E-state index contributed by atoms with van der Waals surface area (Å²) in [4.78, 5) is 19.8. The number of benzene rings is 1. The van der Waals surface area contributed by atoms with E-state index in [0.29, 0.717) is 0 Å². The Kier molecular flexibility index (Phi) is 7.30. The molecule has 0 radical (unpaired) electrons. The van der Waals surface area contributed by atoms with Gasteiger partial charge in [-0.3, -0.25) is 9.69 Å². The summed E-state index contributed by atoms with van der Waals surface area (Å²) >= 11 is 0. The number of piperazine rings is 1. The molecule has 0 aromatic heterocycles. The number of halogens is 1. The van der Waals surface area contributed by atoms with Crippen LogP contribution in [0.15, 0.2) is 18.2 Å². The summed E-state index contributed by atoms with van der Waals surface area (Å²) in [7, 11) is 2.12. The number of hydrogen-bond acceptors (Lipinski definition) is 4. The Hall–Kier alpha value is -1.66. The van der Waals surface area contributed by atoms with Gasteiger partial charge in [0.1, 0.15) is 5.82 Å². The average Bonchev–Trinajstić information content (AvgIpc) is 2.97. The summed E-state index contributed by atoms with van der Waals surface area (Å²) in [5.74, 6) is -0.225. The van der Waals surface area contributed by atoms with Gasteiger partial charge in [0.15, 0.2) is 0 Å². The first-order valence-corrected chi connectivity index (χ1v) is 10.7. The van der Waals surface area contributed by atoms with Gasteiger partial charge in [-0.05, 0) is 65.0 Å². The second-order valence-corrected chi connectivity index (χ2v) is 8.35. The van der Waals surface area contributed by atoms with E-state index in [0.717, 1.165) is 63.4 Å². The molecule has 0 saturated carbocycles. The lowest BCUT2D eigenvalue weighted by molar-refractivity contribution is -0.126. The summed E-state index contributed by atoms with van der Waals surface area (Å²) in [5, 5.41) is 3.14. The molecule has 0 aliphatic carbocycles. The number of amides is 1. The number of rotatable bonds is 5. The fourth-order valence-electron chi connectivity index (χ4n) is 4.27. The Morgan fingerprint density at radius 1 is 1.00 bits per heavy atom. The van der Waals surface area contributed by atoms with Crippen molar-refractivity contribution < 1.29 is 9.18 Å². The van der Waals surface area contributed by atoms with Crippen molar-refractivity contribution in [1.29, 1.82) is 0 Å². The lowest BCUT2D eigenvalue weighted by Gasteiger charge is -2.36. The van der Waals surface area contributed by atoms with Crippen LogP contribution in [0.1, 0.15) is 51.1 Å². The van der Waals surface area contributed by atoms with E-state index in [9.17, 15) is 9.18 Å². The number of anilines is 1. The zero-order valence-corrected chi connectivity index (χ0v) is 17.6. The van der Waals surface area contributed by atoms with Crippen LogP contribution in [-0.2, 0) is 4.79 Å². The third kappa shape index (κ3) is 5.23. The Labute approximate surface area is 168 Å². The van der Waals surface area contributed by atoms with Crippen LogP contribution in [0.5, 0.6) is 0 Å². The standard InChI is InChI=1S/C22H35FN4O/c1-17(24-22(28)18(2)26-10-6-4-5-7-11-26)20-16-19(23)8-9-21(20)27-14-12-25(3)13-15-27/h8-9,16-18H,4-7,10-15H2,1-3H3,(H,24,28). The van der Waals surface area contributed by atoms with E-state index >= 15 is 0 Å². The normalized spacial score (nSPS) is 21.8. The van der Waals surface area contributed by atoms with Gasteiger partial charge in [-0.2, -0.15) is 0 Å². The molecule has 2 aliphatic rings. The molecular weight excluding hydrogens is 355 g/mol. The van der Waals surface area contributed by atoms with Gasteiger partial charge < -0.3 is 15.1 Å². The molecule has 1 N–H and O–H groups in total. The maximum absolute atomic E-state index is 14.0. The predicted molar refractivity (Wildman–Crippen MR) is 112 cm³/mol. The van der Waals surface area contributed by atoms with Gasteiger partial charge in [-0.1, -0.05) is 12.8 Å². The quantitative estimate of drug-likeness (QED) is 0.839. The van der Waals surface area contributed by atoms with Crippen LogP contribution in [0.3, 0.4) is 0 Å². The highest BCUT2D eigenvalue weighted by molar-refractivity contribution is 5.82. The van der Waals surface area contributed by atoms with Gasteiger partial charge in [-0.15, -0.1) is 0 Å². The van der Waals surface area contributed by atoms with Crippen molar-refractivity contribution in [2.45, 2.75) is 51.6 Å². The number of hydrogen-bond donors (Lipinski definition) is 1. The smallest absolute Gasteiger partial charge is 0.237 e. The first-order valence-electron chi connectivity index (χ1n) is 10.7. The fourth-order valence-corrected chi connectivity index (χ4v) is 4.27. The van der Waals surface area contributed by atoms with E-state index in [1.807, 2.05) is 19.9 Å². The fraction of sp³-hybridized carbons (Fsp3) is 0.682. The average molecular weight is 391 g/mol. The number of nitrogens with zero attached hydrogens (tertiary/aromatic N) is 3. The first-order chi connectivity index (χ1) is 13.5. The first kappa shape index (κ1) is 21.1. The van der Waals surface area contributed by atoms with E-state index in [1.54, 1.807) is 6.07 Å². The highest BCUT2D eigenvalue weighted by atomic mass is 19.1. The molecule has 2 unspecified atom stereocenters. The second kappa shape index (κ2) is 9.70. The zero-order valence-electron chi connectivity index (χ0n) is 17.6. The van der Waals surface area contributed by atoms with Crippen molar-refractivity contribution in [3.05, 3.63) is 29.6 Å². The molecule has 2 fully saturated rings. The van der Waals surface area contributed by atoms with Crippen LogP contribution >= 0.6 is 0 Å². The summed E-state index contributed by atoms with van der Waals surface area (Å²) in [6, 6.07) is 4.57. The summed E-state index contributed by atoms with van der Waals surface area (Å²) in [5.41, 5.74) is 1.89. The van der Waals surface area contributed by atoms with E-state index in [1.165, 1.54) is 18.9 Å². The molecule has 0 spiro atoms. The maximum atomic E-state index is 14.0. The highest BCUT2D eigenvalue weighted by Gasteiger charge is 2.25. The van der Waals surface area contributed by atoms with Gasteiger partial charge in [0, 0.05) is 37.4 Å². The molecule has 2 aliphatic heterocycles. The van der Waals surface area contributed by atoms with E-state index in [4.69, 9.17) is 0 Å². The lowest BCUT2D eigenvalue weighted by atomic mass is 10.0. The highest BCUT2D eigenvalue weighted by Crippen LogP contribution is 2.28. The van der Waals surface area contributed by atoms with Gasteiger partial charge in [0.25, 0.3) is 0 Å². The molecule has 1 aromatic rings. The van der Waals surface area contributed by atoms with E-state index in [-0.39, 0.29) is 23.8 Å². The van der Waals surface area contributed by atoms with E-state index < -0.39 is 0 Å². The Balaban J connectivity index is 1.69. The van der Waals surface area contributed by atoms with Crippen molar-refractivity contribution in [3.8, 4) is 0 Å². The van der Waals surface area contributed by atoms with Crippen LogP contribution in [0, 0.1) is 5.82 Å². The molecule has 156 valence electrons. The molecule has 2 saturated heterocycles. The lowest BCUT2D eigenvalue weighted by Crippen LogP contribution is -2.47. The zero-order chi connectivity index (χ0) is 20.1. The Morgan fingerprint density at radius 2 is 1.64 bits per heavy atom. The van der Waals surface area contributed by atoms with Crippen LogP contribution < -0.4 is 10.2 Å². The van der Waals surface area contributed by atoms with Gasteiger partial charge >= 0.3 is 0 Å². The Bertz CT molecular complexity index is 652. The summed E-state index contributed by atoms with van der Waals surface area (Å²) in [6.07, 6.45) is 4.81. The number of carbonyl (C=O) groups is 1. The van der Waals surface area contributed by atoms with Crippen LogP contribution in [0.25, 0.3) is 0 Å². The van der Waals surface area contributed by atoms with Crippen molar-refractivity contribution >= 4 is 11.6 Å². The molecule has 0 bridgehead atoms. The largest absolute Gasteiger partial charge is 0.369 e. The summed E-state index contributed by atoms with van der Waals surface area (Å²) < 4.78 is 14.0. The van der Waals surface area contributed by atoms with Crippen LogP contribution in [0.4, 0.5) is 10.1 Å². The van der Waals surface area contributed by atoms with E-state index in [2.05, 4.69) is 27.1 Å². The number of nitrogens with one attached hydrogen (secondary N) is 1. The predicted octanol–water partition coefficient (Wildman–Crippen LogP) is 3.02. The molecule has 1 aromatic carbocycles. The van der Waals surface area contributed by atoms with Crippen molar-refractivity contribution in [2.24, 2.45) is 0 Å². The monoisotopic (exact) mass is 390 g/mol. The van der Waals surface area contributed by atoms with Gasteiger partial charge in [0.05, 0.1) is 12.1 Å². The Morgan fingerprint density at radius 3 is 2.29 bits per heavy atom. The topological polar surface area (TPSA) is 38.8 Å². The number of carbonyl (C=O) groups excluding carboxylic acids is 1. The molecule has 6 heteroatoms. The second-order valence-electron chi connectivity index (χ2n) is 8.35. The number of likely N-dealkylation sites (N-methyl/N-ethyl adjacent to an activating group) is 1. The minimum Gasteiger partial charge on any atom is -0.369 e. The molecule has 2 heterocycles. The molecule has 3 rings (SSSR count). The molecule has 28 heavy (non-hydrogen) atoms. The molecule has 1 amide bonds. The third-order valence-corrected chi connectivity index (χ3v) is 6.23. The third-order valence-electron chi connectivity index (χ3n) is 6.23. The van der Waals surface area contributed by atoms with Gasteiger partial charge in [0.2, 0.25) is 5.91 Å². The minimum atomic E-state index is -0.255. The van der Waals surface area contributed by atoms with Crippen molar-refractivity contribution in [1.82, 2.24) is 15.1 Å². The SMILES string of the molecule is CC(NC(=O)C(C)N1CCCCCC1)c1cc(F)ccc1N1CCN(C)CC1. The van der Waals surface area contributed by atoms with Gasteiger partial charge in [-0.25, -0.2) is 4.39 Å². The molecule has 2 atom stereocenters.